The summed E-state index contributed by atoms with van der Waals surface area (Å²) in [7, 11) is 1.95. The van der Waals surface area contributed by atoms with E-state index in [1.54, 1.807) is 0 Å². The fourth-order valence-corrected chi connectivity index (χ4v) is 3.85. The van der Waals surface area contributed by atoms with Crippen LogP contribution in [-0.2, 0) is 13.5 Å². The van der Waals surface area contributed by atoms with E-state index in [1.165, 1.54) is 5.56 Å². The molecule has 3 aromatic rings. The molecule has 148 valence electrons. The normalized spacial score (nSPS) is 19.8. The number of imidazole rings is 1. The maximum Gasteiger partial charge on any atom is 0.226 e. The Hall–Kier alpha value is -2.87. The molecule has 0 aliphatic heterocycles. The maximum absolute atomic E-state index is 6.20. The molecule has 0 bridgehead atoms. The smallest absolute Gasteiger partial charge is 0.226 e. The molecule has 2 aromatic heterocycles. The van der Waals surface area contributed by atoms with E-state index in [2.05, 4.69) is 33.3 Å². The third-order valence-corrected chi connectivity index (χ3v) is 5.59. The number of benzene rings is 1. The van der Waals surface area contributed by atoms with Gasteiger partial charge in [0, 0.05) is 31.2 Å². The van der Waals surface area contributed by atoms with Gasteiger partial charge >= 0.3 is 0 Å². The second kappa shape index (κ2) is 7.27. The summed E-state index contributed by atoms with van der Waals surface area (Å²) in [5.41, 5.74) is 22.7. The highest BCUT2D eigenvalue weighted by molar-refractivity contribution is 5.83. The van der Waals surface area contributed by atoms with Gasteiger partial charge in [0.15, 0.2) is 17.0 Å². The van der Waals surface area contributed by atoms with Crippen molar-refractivity contribution in [1.29, 1.82) is 0 Å². The van der Waals surface area contributed by atoms with Crippen molar-refractivity contribution in [2.75, 3.05) is 16.8 Å². The molecule has 0 amide bonds. The summed E-state index contributed by atoms with van der Waals surface area (Å²) in [4.78, 5) is 13.8. The quantitative estimate of drug-likeness (QED) is 0.509. The van der Waals surface area contributed by atoms with Gasteiger partial charge in [-0.15, -0.1) is 0 Å². The van der Waals surface area contributed by atoms with Crippen molar-refractivity contribution < 1.29 is 0 Å². The van der Waals surface area contributed by atoms with Gasteiger partial charge in [-0.25, -0.2) is 4.98 Å². The zero-order chi connectivity index (χ0) is 19.8. The van der Waals surface area contributed by atoms with Crippen LogP contribution in [0.2, 0.25) is 0 Å². The Morgan fingerprint density at radius 2 is 1.86 bits per heavy atom. The number of fused-ring (bicyclic) bond motifs is 1. The van der Waals surface area contributed by atoms with Crippen molar-refractivity contribution in [3.05, 3.63) is 35.2 Å². The summed E-state index contributed by atoms with van der Waals surface area (Å²) in [6.07, 6.45) is 4.69. The molecular formula is C20H28N8. The van der Waals surface area contributed by atoms with Crippen LogP contribution in [-0.4, -0.2) is 31.6 Å². The zero-order valence-electron chi connectivity index (χ0n) is 16.4. The Kier molecular flexibility index (Phi) is 4.80. The van der Waals surface area contributed by atoms with Crippen molar-refractivity contribution >= 4 is 28.6 Å². The van der Waals surface area contributed by atoms with Gasteiger partial charge in [-0.1, -0.05) is 17.7 Å². The monoisotopic (exact) mass is 380 g/mol. The van der Waals surface area contributed by atoms with Crippen LogP contribution in [0.4, 0.5) is 17.5 Å². The number of hydrogen-bond acceptors (Lipinski definition) is 7. The van der Waals surface area contributed by atoms with Gasteiger partial charge in [-0.3, -0.25) is 0 Å². The molecule has 1 aliphatic rings. The first-order valence-electron chi connectivity index (χ1n) is 9.76. The minimum absolute atomic E-state index is 0.306. The summed E-state index contributed by atoms with van der Waals surface area (Å²) in [5.74, 6) is 1.79. The molecule has 0 saturated heterocycles. The average Bonchev–Trinajstić information content (AvgIpc) is 2.97. The molecule has 8 heteroatoms. The number of aromatic nitrogens is 4. The molecule has 2 heterocycles. The van der Waals surface area contributed by atoms with Crippen LogP contribution in [0.25, 0.3) is 11.2 Å². The van der Waals surface area contributed by atoms with E-state index in [1.807, 2.05) is 23.7 Å². The minimum Gasteiger partial charge on any atom is -0.398 e. The molecule has 28 heavy (non-hydrogen) atoms. The van der Waals surface area contributed by atoms with E-state index in [0.29, 0.717) is 35.8 Å². The summed E-state index contributed by atoms with van der Waals surface area (Å²) in [6.45, 7) is 2.05. The van der Waals surface area contributed by atoms with E-state index in [-0.39, 0.29) is 0 Å². The Bertz CT molecular complexity index is 1000. The second-order valence-electron chi connectivity index (χ2n) is 7.83. The highest BCUT2D eigenvalue weighted by Crippen LogP contribution is 2.25. The highest BCUT2D eigenvalue weighted by Gasteiger charge is 2.21. The van der Waals surface area contributed by atoms with Crippen molar-refractivity contribution in [2.45, 2.75) is 51.1 Å². The summed E-state index contributed by atoms with van der Waals surface area (Å²) >= 11 is 0. The van der Waals surface area contributed by atoms with E-state index in [4.69, 9.17) is 17.2 Å². The maximum atomic E-state index is 6.20. The first-order chi connectivity index (χ1) is 13.4. The lowest BCUT2D eigenvalue weighted by Crippen LogP contribution is -2.33. The van der Waals surface area contributed by atoms with Crippen LogP contribution >= 0.6 is 0 Å². The van der Waals surface area contributed by atoms with Gasteiger partial charge < -0.3 is 27.1 Å². The number of nitrogens with zero attached hydrogens (tertiary/aromatic N) is 4. The number of aryl methyl sites for hydroxylation is 2. The van der Waals surface area contributed by atoms with Crippen LogP contribution in [0.1, 0.15) is 42.6 Å². The van der Waals surface area contributed by atoms with Gasteiger partial charge in [0.1, 0.15) is 5.82 Å². The summed E-state index contributed by atoms with van der Waals surface area (Å²) in [5, 5.41) is 3.42. The van der Waals surface area contributed by atoms with Gasteiger partial charge in [0.05, 0.1) is 0 Å². The molecular weight excluding hydrogens is 352 g/mol. The number of nitrogens with one attached hydrogen (secondary N) is 1. The van der Waals surface area contributed by atoms with Crippen LogP contribution in [0.3, 0.4) is 0 Å². The number of anilines is 3. The molecule has 1 aromatic carbocycles. The predicted octanol–water partition coefficient (Wildman–Crippen LogP) is 2.11. The molecule has 1 aliphatic carbocycles. The van der Waals surface area contributed by atoms with Crippen LogP contribution in [0, 0.1) is 6.92 Å². The molecule has 0 radical (unpaired) electrons. The lowest BCUT2D eigenvalue weighted by molar-refractivity contribution is 0.410. The second-order valence-corrected chi connectivity index (χ2v) is 7.83. The van der Waals surface area contributed by atoms with Gasteiger partial charge in [-0.2, -0.15) is 9.97 Å². The summed E-state index contributed by atoms with van der Waals surface area (Å²) < 4.78 is 1.97. The Morgan fingerprint density at radius 3 is 2.61 bits per heavy atom. The molecule has 8 nitrogen and oxygen atoms in total. The average molecular weight is 381 g/mol. The van der Waals surface area contributed by atoms with E-state index < -0.39 is 0 Å². The highest BCUT2D eigenvalue weighted by atomic mass is 15.2. The van der Waals surface area contributed by atoms with Crippen LogP contribution in [0.15, 0.2) is 18.2 Å². The van der Waals surface area contributed by atoms with E-state index >= 15 is 0 Å². The molecule has 0 atom stereocenters. The lowest BCUT2D eigenvalue weighted by atomic mass is 9.92. The van der Waals surface area contributed by atoms with Crippen LogP contribution in [0.5, 0.6) is 0 Å². The fourth-order valence-electron chi connectivity index (χ4n) is 3.85. The molecule has 0 spiro atoms. The first kappa shape index (κ1) is 18.5. The van der Waals surface area contributed by atoms with Gasteiger partial charge in [0.2, 0.25) is 5.95 Å². The number of nitrogen functional groups attached to an aromatic ring is 2. The van der Waals surface area contributed by atoms with Crippen molar-refractivity contribution in [1.82, 2.24) is 19.5 Å². The van der Waals surface area contributed by atoms with Crippen molar-refractivity contribution in [3.8, 4) is 0 Å². The topological polar surface area (TPSA) is 134 Å². The first-order valence-corrected chi connectivity index (χ1v) is 9.76. The molecule has 7 N–H and O–H groups in total. The van der Waals surface area contributed by atoms with E-state index in [9.17, 15) is 0 Å². The number of hydrogen-bond donors (Lipinski definition) is 4. The number of rotatable bonds is 4. The Balaban J connectivity index is 1.63. The summed E-state index contributed by atoms with van der Waals surface area (Å²) in [6, 6.07) is 6.66. The molecule has 0 unspecified atom stereocenters. The zero-order valence-corrected chi connectivity index (χ0v) is 16.4. The van der Waals surface area contributed by atoms with Crippen molar-refractivity contribution in [2.24, 2.45) is 12.8 Å². The third-order valence-electron chi connectivity index (χ3n) is 5.59. The lowest BCUT2D eigenvalue weighted by Gasteiger charge is -2.26. The largest absolute Gasteiger partial charge is 0.398 e. The van der Waals surface area contributed by atoms with E-state index in [0.717, 1.165) is 48.4 Å². The van der Waals surface area contributed by atoms with Gasteiger partial charge in [0.25, 0.3) is 0 Å². The molecule has 1 fully saturated rings. The van der Waals surface area contributed by atoms with Crippen LogP contribution < -0.4 is 22.5 Å². The standard InChI is InChI=1S/C20H28N8/c1-11-3-8-15(22)12(9-11)10-16-25-17-18(23)26-20(27-19(17)28(16)2)24-14-6-4-13(21)5-7-14/h3,8-9,13-14H,4-7,10,21-22H2,1-2H3,(H3,23,24,26,27). The minimum atomic E-state index is 0.306. The number of nitrogens with two attached hydrogens (primary N) is 3. The molecule has 1 saturated carbocycles. The third kappa shape index (κ3) is 3.60. The SMILES string of the molecule is Cc1ccc(N)c(Cc2nc3c(N)nc(NC4CCC(N)CC4)nc3n2C)c1. The Morgan fingerprint density at radius 1 is 1.11 bits per heavy atom. The fraction of sp³-hybridized carbons (Fsp3) is 0.450. The molecule has 4 rings (SSSR count). The van der Waals surface area contributed by atoms with Crippen molar-refractivity contribution in [3.63, 3.8) is 0 Å². The Labute approximate surface area is 164 Å². The predicted molar refractivity (Wildman–Crippen MR) is 113 cm³/mol. The van der Waals surface area contributed by atoms with Gasteiger partial charge in [-0.05, 0) is 44.2 Å².